The van der Waals surface area contributed by atoms with E-state index in [9.17, 15) is 29.3 Å². The third-order valence-corrected chi connectivity index (χ3v) is 4.05. The van der Waals surface area contributed by atoms with Crippen LogP contribution in [0.5, 0.6) is 5.75 Å². The molecule has 2 aromatic rings. The minimum absolute atomic E-state index is 0.0141. The Balaban J connectivity index is 1.69. The molecule has 0 aliphatic carbocycles. The van der Waals surface area contributed by atoms with Crippen molar-refractivity contribution in [2.24, 2.45) is 0 Å². The van der Waals surface area contributed by atoms with Gasteiger partial charge in [0.15, 0.2) is 0 Å². The first-order chi connectivity index (χ1) is 13.3. The second-order valence-corrected chi connectivity index (χ2v) is 5.77. The second-order valence-electron chi connectivity index (χ2n) is 5.77. The van der Waals surface area contributed by atoms with E-state index in [0.29, 0.717) is 0 Å². The van der Waals surface area contributed by atoms with Crippen molar-refractivity contribution in [3.8, 4) is 5.75 Å². The number of aromatic carboxylic acids is 1. The van der Waals surface area contributed by atoms with Gasteiger partial charge in [-0.15, -0.1) is 0 Å². The number of nitro groups is 1. The Hall–Kier alpha value is -4.08. The average molecular weight is 384 g/mol. The zero-order valence-corrected chi connectivity index (χ0v) is 14.2. The van der Waals surface area contributed by atoms with Gasteiger partial charge >= 0.3 is 11.9 Å². The summed E-state index contributed by atoms with van der Waals surface area (Å²) in [4.78, 5) is 58.7. The van der Waals surface area contributed by atoms with E-state index in [2.05, 4.69) is 0 Å². The summed E-state index contributed by atoms with van der Waals surface area (Å²) in [6.07, 6.45) is -0.373. The molecule has 142 valence electrons. The van der Waals surface area contributed by atoms with Crippen LogP contribution >= 0.6 is 0 Å². The largest absolute Gasteiger partial charge is 0.478 e. The highest BCUT2D eigenvalue weighted by Gasteiger charge is 2.36. The average Bonchev–Trinajstić information content (AvgIpc) is 2.90. The lowest BCUT2D eigenvalue weighted by molar-refractivity contribution is -0.384. The molecular weight excluding hydrogens is 372 g/mol. The van der Waals surface area contributed by atoms with Crippen LogP contribution in [0.1, 0.15) is 37.5 Å². The maximum Gasteiger partial charge on any atom is 0.339 e. The van der Waals surface area contributed by atoms with Crippen molar-refractivity contribution >= 4 is 29.4 Å². The van der Waals surface area contributed by atoms with Gasteiger partial charge in [0.2, 0.25) is 0 Å². The summed E-state index contributed by atoms with van der Waals surface area (Å²) in [7, 11) is 0. The van der Waals surface area contributed by atoms with Crippen LogP contribution in [0, 0.1) is 10.1 Å². The Morgan fingerprint density at radius 2 is 1.75 bits per heavy atom. The summed E-state index contributed by atoms with van der Waals surface area (Å²) in [5.41, 5.74) is -0.626. The van der Waals surface area contributed by atoms with Crippen molar-refractivity contribution in [2.45, 2.75) is 6.42 Å². The highest BCUT2D eigenvalue weighted by Crippen LogP contribution is 2.27. The lowest BCUT2D eigenvalue weighted by Gasteiger charge is -2.13. The lowest BCUT2D eigenvalue weighted by atomic mass is 10.1. The number of esters is 1. The first kappa shape index (κ1) is 18.7. The molecule has 28 heavy (non-hydrogen) atoms. The molecule has 1 heterocycles. The predicted molar refractivity (Wildman–Crippen MR) is 92.1 cm³/mol. The molecule has 0 bridgehead atoms. The molecule has 0 saturated heterocycles. The number of carboxylic acid groups (broad SMARTS) is 1. The zero-order valence-electron chi connectivity index (χ0n) is 14.2. The number of rotatable bonds is 6. The highest BCUT2D eigenvalue weighted by molar-refractivity contribution is 6.21. The number of hydrogen-bond donors (Lipinski definition) is 1. The van der Waals surface area contributed by atoms with Gasteiger partial charge < -0.3 is 9.84 Å². The van der Waals surface area contributed by atoms with E-state index in [-0.39, 0.29) is 41.1 Å². The van der Waals surface area contributed by atoms with Crippen molar-refractivity contribution in [2.75, 3.05) is 6.54 Å². The van der Waals surface area contributed by atoms with E-state index in [0.717, 1.165) is 17.0 Å². The smallest absolute Gasteiger partial charge is 0.339 e. The van der Waals surface area contributed by atoms with Crippen molar-refractivity contribution in [1.82, 2.24) is 4.90 Å². The van der Waals surface area contributed by atoms with Crippen LogP contribution in [0.15, 0.2) is 42.5 Å². The first-order valence-corrected chi connectivity index (χ1v) is 7.97. The fourth-order valence-electron chi connectivity index (χ4n) is 2.70. The van der Waals surface area contributed by atoms with E-state index >= 15 is 0 Å². The number of hydrogen-bond acceptors (Lipinski definition) is 7. The maximum atomic E-state index is 12.3. The number of carbonyl (C=O) groups is 4. The Morgan fingerprint density at radius 3 is 2.43 bits per heavy atom. The molecule has 0 saturated carbocycles. The summed E-state index contributed by atoms with van der Waals surface area (Å²) < 4.78 is 5.01. The number of imide groups is 1. The fraction of sp³-hybridized carbons (Fsp3) is 0.111. The summed E-state index contributed by atoms with van der Waals surface area (Å²) in [6, 6.07) is 8.85. The van der Waals surface area contributed by atoms with Gasteiger partial charge in [0.25, 0.3) is 17.5 Å². The molecule has 0 radical (unpaired) electrons. The van der Waals surface area contributed by atoms with Gasteiger partial charge in [0.1, 0.15) is 11.3 Å². The molecule has 3 rings (SSSR count). The van der Waals surface area contributed by atoms with Crippen molar-refractivity contribution in [3.05, 3.63) is 69.3 Å². The molecule has 2 amide bonds. The van der Waals surface area contributed by atoms with Crippen LogP contribution in [0.3, 0.4) is 0 Å². The Kier molecular flexibility index (Phi) is 4.86. The third kappa shape index (κ3) is 3.43. The molecule has 1 N–H and O–H groups in total. The van der Waals surface area contributed by atoms with E-state index in [1.807, 2.05) is 0 Å². The number of para-hydroxylation sites is 1. The van der Waals surface area contributed by atoms with Crippen molar-refractivity contribution in [3.63, 3.8) is 0 Å². The summed E-state index contributed by atoms with van der Waals surface area (Å²) in [6.45, 7) is -0.311. The second kappa shape index (κ2) is 7.27. The van der Waals surface area contributed by atoms with Gasteiger partial charge in [0.05, 0.1) is 22.5 Å². The molecule has 0 atom stereocenters. The Bertz CT molecular complexity index is 1030. The Labute approximate surface area is 157 Å². The first-order valence-electron chi connectivity index (χ1n) is 7.97. The molecular formula is C18H12N2O8. The molecule has 10 heteroatoms. The van der Waals surface area contributed by atoms with E-state index in [4.69, 9.17) is 9.84 Å². The SMILES string of the molecule is O=C(CCN1C(=O)c2ccc([N+](=O)[O-])cc2C1=O)Oc1ccccc1C(=O)O. The van der Waals surface area contributed by atoms with Crippen molar-refractivity contribution < 1.29 is 33.9 Å². The van der Waals surface area contributed by atoms with E-state index in [1.165, 1.54) is 30.3 Å². The summed E-state index contributed by atoms with van der Waals surface area (Å²) in [5, 5.41) is 19.9. The molecule has 10 nitrogen and oxygen atoms in total. The number of non-ortho nitro benzene ring substituents is 1. The van der Waals surface area contributed by atoms with Gasteiger partial charge in [-0.1, -0.05) is 12.1 Å². The molecule has 1 aliphatic rings. The molecule has 0 aromatic heterocycles. The molecule has 0 unspecified atom stereocenters. The minimum atomic E-state index is -1.27. The summed E-state index contributed by atoms with van der Waals surface area (Å²) in [5.74, 6) is -3.68. The number of ether oxygens (including phenoxy) is 1. The van der Waals surface area contributed by atoms with Crippen LogP contribution < -0.4 is 4.74 Å². The normalized spacial score (nSPS) is 12.6. The van der Waals surface area contributed by atoms with Crippen molar-refractivity contribution in [1.29, 1.82) is 0 Å². The third-order valence-electron chi connectivity index (χ3n) is 4.05. The number of carbonyl (C=O) groups excluding carboxylic acids is 3. The fourth-order valence-corrected chi connectivity index (χ4v) is 2.70. The number of carboxylic acids is 1. The predicted octanol–water partition coefficient (Wildman–Crippen LogP) is 1.88. The van der Waals surface area contributed by atoms with Crippen LogP contribution in [-0.4, -0.2) is 45.2 Å². The summed E-state index contributed by atoms with van der Waals surface area (Å²) >= 11 is 0. The van der Waals surface area contributed by atoms with Crippen LogP contribution in [-0.2, 0) is 4.79 Å². The topological polar surface area (TPSA) is 144 Å². The van der Waals surface area contributed by atoms with Gasteiger partial charge in [-0.05, 0) is 18.2 Å². The quantitative estimate of drug-likeness (QED) is 0.261. The minimum Gasteiger partial charge on any atom is -0.478 e. The van der Waals surface area contributed by atoms with Gasteiger partial charge in [-0.2, -0.15) is 0 Å². The monoisotopic (exact) mass is 384 g/mol. The number of fused-ring (bicyclic) bond motifs is 1. The van der Waals surface area contributed by atoms with Crippen LogP contribution in [0.25, 0.3) is 0 Å². The van der Waals surface area contributed by atoms with E-state index in [1.54, 1.807) is 0 Å². The van der Waals surface area contributed by atoms with Crippen LogP contribution in [0.2, 0.25) is 0 Å². The van der Waals surface area contributed by atoms with Gasteiger partial charge in [-0.3, -0.25) is 29.4 Å². The number of benzene rings is 2. The number of nitro benzene ring substituents is 1. The van der Waals surface area contributed by atoms with Gasteiger partial charge in [0, 0.05) is 18.7 Å². The molecule has 2 aromatic carbocycles. The molecule has 0 spiro atoms. The number of nitrogens with zero attached hydrogens (tertiary/aromatic N) is 2. The molecule has 1 aliphatic heterocycles. The Morgan fingerprint density at radius 1 is 1.07 bits per heavy atom. The molecule has 0 fully saturated rings. The lowest BCUT2D eigenvalue weighted by Crippen LogP contribution is -2.32. The maximum absolute atomic E-state index is 12.3. The van der Waals surface area contributed by atoms with E-state index < -0.39 is 28.7 Å². The standard InChI is InChI=1S/C18H12N2O8/c21-15(28-14-4-2-1-3-12(14)18(24)25)7-8-19-16(22)11-6-5-10(20(26)27)9-13(11)17(19)23/h1-6,9H,7-8H2,(H,24,25). The highest BCUT2D eigenvalue weighted by atomic mass is 16.6. The van der Waals surface area contributed by atoms with Crippen LogP contribution in [0.4, 0.5) is 5.69 Å². The van der Waals surface area contributed by atoms with Gasteiger partial charge in [-0.25, -0.2) is 4.79 Å². The number of amides is 2. The zero-order chi connectivity index (χ0) is 20.4.